The number of carbonyl (C=O) groups is 3. The number of hydroxylamine groups is 2. The molecule has 0 N–H and O–H groups in total. The average molecular weight is 213 g/mol. The molecule has 0 bridgehead atoms. The molecule has 1 fully saturated rings. The van der Waals surface area contributed by atoms with Crippen LogP contribution in [0.25, 0.3) is 0 Å². The van der Waals surface area contributed by atoms with Gasteiger partial charge in [0.15, 0.2) is 0 Å². The van der Waals surface area contributed by atoms with Crippen LogP contribution in [0.15, 0.2) is 12.2 Å². The van der Waals surface area contributed by atoms with Gasteiger partial charge in [-0.1, -0.05) is 6.58 Å². The number of carbonyl (C=O) groups excluding carboxylic acids is 3. The van der Waals surface area contributed by atoms with E-state index in [0.717, 1.165) is 0 Å². The first-order valence-corrected chi connectivity index (χ1v) is 4.31. The predicted molar refractivity (Wildman–Crippen MR) is 48.2 cm³/mol. The molecule has 0 unspecified atom stereocenters. The molecule has 0 aromatic carbocycles. The zero-order valence-electron chi connectivity index (χ0n) is 8.32. The van der Waals surface area contributed by atoms with Gasteiger partial charge in [-0.3, -0.25) is 14.4 Å². The van der Waals surface area contributed by atoms with Crippen LogP contribution >= 0.6 is 0 Å². The maximum absolute atomic E-state index is 11.1. The molecule has 0 atom stereocenters. The van der Waals surface area contributed by atoms with E-state index in [2.05, 4.69) is 11.3 Å². The van der Waals surface area contributed by atoms with Gasteiger partial charge in [-0.05, 0) is 0 Å². The highest BCUT2D eigenvalue weighted by atomic mass is 16.7. The Morgan fingerprint density at radius 2 is 1.93 bits per heavy atom. The fourth-order valence-corrected chi connectivity index (χ4v) is 1.05. The summed E-state index contributed by atoms with van der Waals surface area (Å²) in [5.74, 6) is -1.44. The van der Waals surface area contributed by atoms with Crippen LogP contribution in [0, 0.1) is 0 Å². The topological polar surface area (TPSA) is 72.9 Å². The summed E-state index contributed by atoms with van der Waals surface area (Å²) < 4.78 is 4.37. The van der Waals surface area contributed by atoms with Crippen molar-refractivity contribution in [1.29, 1.82) is 0 Å². The van der Waals surface area contributed by atoms with Crippen LogP contribution in [0.1, 0.15) is 12.8 Å². The van der Waals surface area contributed by atoms with Crippen molar-refractivity contribution in [2.24, 2.45) is 0 Å². The summed E-state index contributed by atoms with van der Waals surface area (Å²) >= 11 is 0. The fraction of sp³-hybridized carbons (Fsp3) is 0.444. The highest BCUT2D eigenvalue weighted by Crippen LogP contribution is 2.12. The van der Waals surface area contributed by atoms with Gasteiger partial charge in [0.05, 0.1) is 12.7 Å². The molecule has 6 heteroatoms. The summed E-state index contributed by atoms with van der Waals surface area (Å²) in [6.45, 7) is 3.16. The summed E-state index contributed by atoms with van der Waals surface area (Å²) in [6, 6.07) is 0. The fourth-order valence-electron chi connectivity index (χ4n) is 1.05. The summed E-state index contributed by atoms with van der Waals surface area (Å²) in [4.78, 5) is 37.9. The summed E-state index contributed by atoms with van der Waals surface area (Å²) in [5.41, 5.74) is 0.0463. The van der Waals surface area contributed by atoms with Gasteiger partial charge in [0.1, 0.15) is 6.61 Å². The molecule has 15 heavy (non-hydrogen) atoms. The Morgan fingerprint density at radius 1 is 1.40 bits per heavy atom. The minimum Gasteiger partial charge on any atom is -0.466 e. The van der Waals surface area contributed by atoms with E-state index in [9.17, 15) is 14.4 Å². The Hall–Kier alpha value is -1.69. The largest absolute Gasteiger partial charge is 0.466 e. The monoisotopic (exact) mass is 213 g/mol. The third kappa shape index (κ3) is 2.63. The van der Waals surface area contributed by atoms with Crippen LogP contribution in [-0.2, 0) is 24.0 Å². The van der Waals surface area contributed by atoms with E-state index in [1.807, 2.05) is 0 Å². The number of rotatable bonds is 4. The van der Waals surface area contributed by atoms with Gasteiger partial charge in [-0.15, -0.1) is 0 Å². The molecule has 1 rings (SSSR count). The lowest BCUT2D eigenvalue weighted by Gasteiger charge is -2.13. The van der Waals surface area contributed by atoms with E-state index >= 15 is 0 Å². The number of nitrogens with zero attached hydrogens (tertiary/aromatic N) is 1. The first kappa shape index (κ1) is 11.4. The average Bonchev–Trinajstić information content (AvgIpc) is 2.54. The number of amides is 2. The second-order valence-electron chi connectivity index (χ2n) is 2.95. The lowest BCUT2D eigenvalue weighted by Crippen LogP contribution is -2.30. The Bertz CT molecular complexity index is 306. The van der Waals surface area contributed by atoms with E-state index < -0.39 is 17.8 Å². The first-order chi connectivity index (χ1) is 7.06. The molecule has 1 aliphatic heterocycles. The number of ether oxygens (including phenoxy) is 1. The minimum absolute atomic E-state index is 0.0463. The van der Waals surface area contributed by atoms with Crippen molar-refractivity contribution >= 4 is 17.8 Å². The third-order valence-corrected chi connectivity index (χ3v) is 1.85. The Kier molecular flexibility index (Phi) is 3.56. The predicted octanol–water partition coefficient (Wildman–Crippen LogP) is -0.204. The molecule has 0 aliphatic carbocycles. The van der Waals surface area contributed by atoms with Crippen LogP contribution in [0.4, 0.5) is 0 Å². The van der Waals surface area contributed by atoms with Gasteiger partial charge >= 0.3 is 5.97 Å². The third-order valence-electron chi connectivity index (χ3n) is 1.85. The normalized spacial score (nSPS) is 15.7. The molecule has 0 spiro atoms. The molecule has 0 aromatic heterocycles. The van der Waals surface area contributed by atoms with Gasteiger partial charge in [-0.25, -0.2) is 4.79 Å². The van der Waals surface area contributed by atoms with E-state index in [-0.39, 0.29) is 25.0 Å². The molecule has 2 amide bonds. The van der Waals surface area contributed by atoms with Crippen molar-refractivity contribution in [3.63, 3.8) is 0 Å². The zero-order valence-corrected chi connectivity index (χ0v) is 8.32. The molecule has 1 aliphatic rings. The summed E-state index contributed by atoms with van der Waals surface area (Å²) in [7, 11) is 1.21. The van der Waals surface area contributed by atoms with E-state index in [4.69, 9.17) is 4.84 Å². The number of esters is 1. The van der Waals surface area contributed by atoms with Crippen molar-refractivity contribution in [2.75, 3.05) is 13.7 Å². The SMILES string of the molecule is C=C(CON1C(=O)CCC1=O)C(=O)OC. The maximum atomic E-state index is 11.1. The van der Waals surface area contributed by atoms with Crippen molar-refractivity contribution < 1.29 is 24.0 Å². The van der Waals surface area contributed by atoms with Crippen molar-refractivity contribution in [3.05, 3.63) is 12.2 Å². The Labute approximate surface area is 86.4 Å². The second kappa shape index (κ2) is 4.70. The molecule has 1 saturated heterocycles. The van der Waals surface area contributed by atoms with Crippen LogP contribution in [0.5, 0.6) is 0 Å². The Morgan fingerprint density at radius 3 is 2.40 bits per heavy atom. The molecular formula is C9H11NO5. The van der Waals surface area contributed by atoms with Gasteiger partial charge < -0.3 is 4.74 Å². The minimum atomic E-state index is -0.630. The standard InChI is InChI=1S/C9H11NO5/c1-6(9(13)14-2)5-15-10-7(11)3-4-8(10)12/h1,3-5H2,2H3. The van der Waals surface area contributed by atoms with Crippen molar-refractivity contribution in [2.45, 2.75) is 12.8 Å². The van der Waals surface area contributed by atoms with E-state index in [1.54, 1.807) is 0 Å². The van der Waals surface area contributed by atoms with Crippen molar-refractivity contribution in [1.82, 2.24) is 5.06 Å². The number of methoxy groups -OCH3 is 1. The smallest absolute Gasteiger partial charge is 0.335 e. The number of imide groups is 1. The molecule has 82 valence electrons. The second-order valence-corrected chi connectivity index (χ2v) is 2.95. The zero-order chi connectivity index (χ0) is 11.4. The molecule has 0 aromatic rings. The van der Waals surface area contributed by atoms with Gasteiger partial charge in [-0.2, -0.15) is 5.06 Å². The molecular weight excluding hydrogens is 202 g/mol. The number of hydrogen-bond acceptors (Lipinski definition) is 5. The maximum Gasteiger partial charge on any atom is 0.335 e. The van der Waals surface area contributed by atoms with Gasteiger partial charge in [0.25, 0.3) is 11.8 Å². The van der Waals surface area contributed by atoms with Gasteiger partial charge in [0, 0.05) is 12.8 Å². The highest BCUT2D eigenvalue weighted by Gasteiger charge is 2.30. The summed E-state index contributed by atoms with van der Waals surface area (Å²) in [5, 5.41) is 0.661. The van der Waals surface area contributed by atoms with E-state index in [0.29, 0.717) is 5.06 Å². The first-order valence-electron chi connectivity index (χ1n) is 4.31. The Balaban J connectivity index is 2.43. The van der Waals surface area contributed by atoms with E-state index in [1.165, 1.54) is 7.11 Å². The molecule has 0 saturated carbocycles. The lowest BCUT2D eigenvalue weighted by molar-refractivity contribution is -0.185. The lowest BCUT2D eigenvalue weighted by atomic mass is 10.3. The number of hydrogen-bond donors (Lipinski definition) is 0. The van der Waals surface area contributed by atoms with Crippen LogP contribution < -0.4 is 0 Å². The highest BCUT2D eigenvalue weighted by molar-refractivity contribution is 6.00. The van der Waals surface area contributed by atoms with Crippen LogP contribution in [-0.4, -0.2) is 36.6 Å². The molecule has 0 radical (unpaired) electrons. The summed E-state index contributed by atoms with van der Waals surface area (Å²) in [6.07, 6.45) is 0.285. The molecule has 1 heterocycles. The van der Waals surface area contributed by atoms with Gasteiger partial charge in [0.2, 0.25) is 0 Å². The van der Waals surface area contributed by atoms with Crippen LogP contribution in [0.2, 0.25) is 0 Å². The molecule has 6 nitrogen and oxygen atoms in total. The van der Waals surface area contributed by atoms with Crippen LogP contribution in [0.3, 0.4) is 0 Å². The quantitative estimate of drug-likeness (QED) is 0.367. The van der Waals surface area contributed by atoms with Crippen molar-refractivity contribution in [3.8, 4) is 0 Å².